The molecule has 0 saturated heterocycles. The van der Waals surface area contributed by atoms with Crippen LogP contribution in [0.1, 0.15) is 16.1 Å². The maximum absolute atomic E-state index is 13.0. The second-order valence-electron chi connectivity index (χ2n) is 7.36. The number of anilines is 1. The first-order valence-electron chi connectivity index (χ1n) is 9.80. The zero-order valence-electron chi connectivity index (χ0n) is 17.2. The molecule has 8 heteroatoms. The van der Waals surface area contributed by atoms with Crippen LogP contribution in [0.5, 0.6) is 0 Å². The molecule has 2 aromatic carbocycles. The number of aromatic nitrogens is 3. The van der Waals surface area contributed by atoms with Gasteiger partial charge in [-0.05, 0) is 38.2 Å². The molecule has 2 heterocycles. The summed E-state index contributed by atoms with van der Waals surface area (Å²) in [6, 6.07) is 15.5. The van der Waals surface area contributed by atoms with Crippen molar-refractivity contribution in [1.29, 1.82) is 0 Å². The number of carbonyl (C=O) groups is 1. The van der Waals surface area contributed by atoms with Crippen molar-refractivity contribution in [3.05, 3.63) is 76.4 Å². The van der Waals surface area contributed by atoms with E-state index in [-0.39, 0.29) is 5.91 Å². The van der Waals surface area contributed by atoms with E-state index in [2.05, 4.69) is 46.4 Å². The summed E-state index contributed by atoms with van der Waals surface area (Å²) >= 11 is 7.40. The van der Waals surface area contributed by atoms with Crippen molar-refractivity contribution >= 4 is 34.0 Å². The highest BCUT2D eigenvalue weighted by molar-refractivity contribution is 7.13. The van der Waals surface area contributed by atoms with E-state index in [0.29, 0.717) is 27.4 Å². The fourth-order valence-electron chi connectivity index (χ4n) is 3.12. The first kappa shape index (κ1) is 21.2. The Hall–Kier alpha value is -3.00. The summed E-state index contributed by atoms with van der Waals surface area (Å²) in [6.07, 6.45) is 2.62. The Labute approximate surface area is 189 Å². The first-order chi connectivity index (χ1) is 15.0. The number of carbonyl (C=O) groups excluding carboxylic acids is 1. The maximum Gasteiger partial charge on any atom is 0.276 e. The standard InChI is InChI=1S/C23H22ClN5OS/c1-29(2)13-11-15-3-5-17(6-4-15)21-26-19(16-7-9-18(24)10-8-16)20(27-21)22(30)28-23-25-12-14-31-23/h3-10,12,14H,11,13H2,1-2H3,(H,26,27)(H,25,28,30). The summed E-state index contributed by atoms with van der Waals surface area (Å²) in [5, 5.41) is 5.80. The Bertz CT molecular complexity index is 1150. The van der Waals surface area contributed by atoms with E-state index in [1.807, 2.05) is 29.6 Å². The highest BCUT2D eigenvalue weighted by Gasteiger charge is 2.20. The Balaban J connectivity index is 1.67. The number of aromatic amines is 1. The monoisotopic (exact) mass is 451 g/mol. The lowest BCUT2D eigenvalue weighted by Gasteiger charge is -2.09. The van der Waals surface area contributed by atoms with Crippen LogP contribution in [0.25, 0.3) is 22.6 Å². The lowest BCUT2D eigenvalue weighted by molar-refractivity contribution is 0.102. The molecule has 0 aliphatic heterocycles. The van der Waals surface area contributed by atoms with Crippen molar-refractivity contribution < 1.29 is 4.79 Å². The van der Waals surface area contributed by atoms with Gasteiger partial charge in [0, 0.05) is 34.3 Å². The third-order valence-corrected chi connectivity index (χ3v) is 5.72. The second kappa shape index (κ2) is 9.43. The minimum atomic E-state index is -0.291. The van der Waals surface area contributed by atoms with Gasteiger partial charge in [0.25, 0.3) is 5.91 Å². The fraction of sp³-hybridized carbons (Fsp3) is 0.174. The smallest absolute Gasteiger partial charge is 0.276 e. The number of hydrogen-bond donors (Lipinski definition) is 2. The maximum atomic E-state index is 13.0. The number of nitrogens with zero attached hydrogens (tertiary/aromatic N) is 3. The molecule has 4 aromatic rings. The summed E-state index contributed by atoms with van der Waals surface area (Å²) in [7, 11) is 4.13. The van der Waals surface area contributed by atoms with Crippen LogP contribution in [0.15, 0.2) is 60.1 Å². The minimum absolute atomic E-state index is 0.291. The molecule has 2 aromatic heterocycles. The SMILES string of the molecule is CN(C)CCc1ccc(-c2nc(-c3ccc(Cl)cc3)c(C(=O)Nc3nccs3)[nH]2)cc1. The van der Waals surface area contributed by atoms with Crippen LogP contribution in [0.3, 0.4) is 0 Å². The summed E-state index contributed by atoms with van der Waals surface area (Å²) in [4.78, 5) is 27.2. The molecule has 158 valence electrons. The molecule has 0 aliphatic rings. The Morgan fingerprint density at radius 3 is 2.45 bits per heavy atom. The van der Waals surface area contributed by atoms with E-state index in [1.54, 1.807) is 18.3 Å². The Morgan fingerprint density at radius 1 is 1.10 bits per heavy atom. The first-order valence-corrected chi connectivity index (χ1v) is 11.1. The van der Waals surface area contributed by atoms with Crippen LogP contribution in [-0.4, -0.2) is 46.4 Å². The van der Waals surface area contributed by atoms with Crippen LogP contribution in [0.2, 0.25) is 5.02 Å². The van der Waals surface area contributed by atoms with Gasteiger partial charge in [0.2, 0.25) is 0 Å². The third-order valence-electron chi connectivity index (χ3n) is 4.78. The van der Waals surface area contributed by atoms with Crippen LogP contribution in [-0.2, 0) is 6.42 Å². The molecule has 2 N–H and O–H groups in total. The molecule has 0 bridgehead atoms. The van der Waals surface area contributed by atoms with Gasteiger partial charge in [0.05, 0.1) is 0 Å². The van der Waals surface area contributed by atoms with E-state index >= 15 is 0 Å². The molecule has 0 radical (unpaired) electrons. The summed E-state index contributed by atoms with van der Waals surface area (Å²) < 4.78 is 0. The van der Waals surface area contributed by atoms with Crippen molar-refractivity contribution in [2.75, 3.05) is 26.0 Å². The number of nitrogens with one attached hydrogen (secondary N) is 2. The molecular weight excluding hydrogens is 430 g/mol. The summed E-state index contributed by atoms with van der Waals surface area (Å²) in [5.74, 6) is 0.342. The average Bonchev–Trinajstić information content (AvgIpc) is 3.43. The van der Waals surface area contributed by atoms with Gasteiger partial charge < -0.3 is 9.88 Å². The Kier molecular flexibility index (Phi) is 6.46. The topological polar surface area (TPSA) is 73.9 Å². The zero-order valence-corrected chi connectivity index (χ0v) is 18.8. The zero-order chi connectivity index (χ0) is 21.8. The molecule has 0 atom stereocenters. The van der Waals surface area contributed by atoms with Crippen molar-refractivity contribution in [2.45, 2.75) is 6.42 Å². The van der Waals surface area contributed by atoms with Gasteiger partial charge >= 0.3 is 0 Å². The molecule has 0 unspecified atom stereocenters. The molecule has 0 spiro atoms. The van der Waals surface area contributed by atoms with Gasteiger partial charge in [-0.25, -0.2) is 9.97 Å². The predicted octanol–water partition coefficient (Wildman–Crippen LogP) is 5.21. The molecule has 0 saturated carbocycles. The lowest BCUT2D eigenvalue weighted by atomic mass is 10.1. The second-order valence-corrected chi connectivity index (χ2v) is 8.69. The number of benzene rings is 2. The number of thiazole rings is 1. The predicted molar refractivity (Wildman–Crippen MR) is 127 cm³/mol. The number of H-pyrrole nitrogens is 1. The third kappa shape index (κ3) is 5.19. The van der Waals surface area contributed by atoms with E-state index in [0.717, 1.165) is 24.1 Å². The number of amides is 1. The van der Waals surface area contributed by atoms with Gasteiger partial charge in [-0.3, -0.25) is 10.1 Å². The van der Waals surface area contributed by atoms with Gasteiger partial charge in [0.1, 0.15) is 17.2 Å². The largest absolute Gasteiger partial charge is 0.333 e. The summed E-state index contributed by atoms with van der Waals surface area (Å²) in [5.41, 5.74) is 3.92. The number of hydrogen-bond acceptors (Lipinski definition) is 5. The molecule has 4 rings (SSSR count). The van der Waals surface area contributed by atoms with Crippen molar-refractivity contribution in [3.8, 4) is 22.6 Å². The Morgan fingerprint density at radius 2 is 1.81 bits per heavy atom. The minimum Gasteiger partial charge on any atom is -0.333 e. The number of likely N-dealkylation sites (N-methyl/N-ethyl adjacent to an activating group) is 1. The number of halogens is 1. The fourth-order valence-corrected chi connectivity index (χ4v) is 3.77. The van der Waals surface area contributed by atoms with E-state index < -0.39 is 0 Å². The van der Waals surface area contributed by atoms with Gasteiger partial charge in [-0.1, -0.05) is 48.0 Å². The van der Waals surface area contributed by atoms with Crippen LogP contribution in [0.4, 0.5) is 5.13 Å². The van der Waals surface area contributed by atoms with E-state index in [9.17, 15) is 4.79 Å². The molecule has 31 heavy (non-hydrogen) atoms. The molecule has 1 amide bonds. The van der Waals surface area contributed by atoms with E-state index in [4.69, 9.17) is 16.6 Å². The average molecular weight is 452 g/mol. The highest BCUT2D eigenvalue weighted by atomic mass is 35.5. The van der Waals surface area contributed by atoms with Crippen LogP contribution >= 0.6 is 22.9 Å². The van der Waals surface area contributed by atoms with Crippen molar-refractivity contribution in [3.63, 3.8) is 0 Å². The molecular formula is C23H22ClN5OS. The normalized spacial score (nSPS) is 11.1. The number of imidazole rings is 1. The van der Waals surface area contributed by atoms with Gasteiger partial charge in [-0.15, -0.1) is 11.3 Å². The van der Waals surface area contributed by atoms with E-state index in [1.165, 1.54) is 16.9 Å². The molecule has 0 aliphatic carbocycles. The van der Waals surface area contributed by atoms with Crippen LogP contribution < -0.4 is 5.32 Å². The van der Waals surface area contributed by atoms with Gasteiger partial charge in [-0.2, -0.15) is 0 Å². The summed E-state index contributed by atoms with van der Waals surface area (Å²) in [6.45, 7) is 0.988. The van der Waals surface area contributed by atoms with Crippen molar-refractivity contribution in [2.24, 2.45) is 0 Å². The number of rotatable bonds is 7. The highest BCUT2D eigenvalue weighted by Crippen LogP contribution is 2.28. The molecule has 0 fully saturated rings. The quantitative estimate of drug-likeness (QED) is 0.404. The van der Waals surface area contributed by atoms with Crippen molar-refractivity contribution in [1.82, 2.24) is 19.9 Å². The molecule has 6 nitrogen and oxygen atoms in total. The van der Waals surface area contributed by atoms with Crippen LogP contribution in [0, 0.1) is 0 Å². The lowest BCUT2D eigenvalue weighted by Crippen LogP contribution is -2.14. The van der Waals surface area contributed by atoms with Gasteiger partial charge in [0.15, 0.2) is 5.13 Å².